The third-order valence-corrected chi connectivity index (χ3v) is 0. The van der Waals surface area contributed by atoms with Gasteiger partial charge in [0.05, 0.1) is 0 Å². The standard InChI is InChI=1S/4CH2O2.2Cu.4H2O/c4*2-1-3;;;;;;/h4*1H,(H,2,3);;;4*1H2/q;;;;2*+2;;;;/p-4. The summed E-state index contributed by atoms with van der Waals surface area (Å²) in [6, 6.07) is 0. The summed E-state index contributed by atoms with van der Waals surface area (Å²) >= 11 is 0. The number of carboxylic acid groups (broad SMARTS) is 4. The zero-order valence-corrected chi connectivity index (χ0v) is 10.1. The molecule has 12 nitrogen and oxygen atoms in total. The third kappa shape index (κ3) is 1810. The van der Waals surface area contributed by atoms with Crippen molar-refractivity contribution in [1.29, 1.82) is 0 Å². The topological polar surface area (TPSA) is 287 Å². The second-order valence-corrected chi connectivity index (χ2v) is 0.385. The van der Waals surface area contributed by atoms with Crippen LogP contribution in [0.3, 0.4) is 0 Å². The van der Waals surface area contributed by atoms with Gasteiger partial charge >= 0.3 is 34.1 Å². The smallest absolute Gasteiger partial charge is 0.554 e. The minimum Gasteiger partial charge on any atom is -0.554 e. The van der Waals surface area contributed by atoms with Crippen molar-refractivity contribution >= 4 is 25.9 Å². The molecule has 8 N–H and O–H groups in total. The van der Waals surface area contributed by atoms with Crippen molar-refractivity contribution in [3.63, 3.8) is 0 Å². The summed E-state index contributed by atoms with van der Waals surface area (Å²) < 4.78 is 0. The van der Waals surface area contributed by atoms with Crippen LogP contribution in [0.15, 0.2) is 0 Å². The van der Waals surface area contributed by atoms with Gasteiger partial charge in [-0.3, -0.25) is 0 Å². The van der Waals surface area contributed by atoms with E-state index in [0.717, 1.165) is 0 Å². The van der Waals surface area contributed by atoms with E-state index in [2.05, 4.69) is 0 Å². The molecule has 0 aromatic carbocycles. The molecule has 0 saturated carbocycles. The Balaban J connectivity index is -0.00000000533. The Labute approximate surface area is 122 Å². The maximum atomic E-state index is 8.25. The molecule has 0 aliphatic carbocycles. The molecule has 0 fully saturated rings. The number of carbonyl (C=O) groups excluding carboxylic acids is 4. The Morgan fingerprint density at radius 3 is 0.444 bits per heavy atom. The Kier molecular flexibility index (Phi) is 2280. The maximum absolute atomic E-state index is 8.25. The van der Waals surface area contributed by atoms with Crippen LogP contribution in [0, 0.1) is 0 Å². The van der Waals surface area contributed by atoms with E-state index >= 15 is 0 Å². The molecule has 14 heteroatoms. The van der Waals surface area contributed by atoms with Crippen molar-refractivity contribution in [1.82, 2.24) is 0 Å². The molecule has 122 valence electrons. The van der Waals surface area contributed by atoms with Crippen LogP contribution in [0.1, 0.15) is 0 Å². The molecule has 0 rings (SSSR count). The van der Waals surface area contributed by atoms with Gasteiger partial charge in [0.1, 0.15) is 0 Å². The third-order valence-electron chi connectivity index (χ3n) is 0. The van der Waals surface area contributed by atoms with Gasteiger partial charge in [0.2, 0.25) is 0 Å². The second-order valence-electron chi connectivity index (χ2n) is 0.385. The van der Waals surface area contributed by atoms with E-state index in [1.165, 1.54) is 0 Å². The van der Waals surface area contributed by atoms with Crippen LogP contribution < -0.4 is 20.4 Å². The van der Waals surface area contributed by atoms with Gasteiger partial charge in [0, 0.05) is 25.9 Å². The Morgan fingerprint density at radius 2 is 0.444 bits per heavy atom. The summed E-state index contributed by atoms with van der Waals surface area (Å²) in [4.78, 5) is 33.0. The molecule has 0 aliphatic heterocycles. The monoisotopic (exact) mass is 378 g/mol. The molecule has 0 atom stereocenters. The molecule has 0 aliphatic rings. The molecule has 0 aromatic rings. The van der Waals surface area contributed by atoms with Gasteiger partial charge in [-0.1, -0.05) is 0 Å². The number of hydrogen-bond acceptors (Lipinski definition) is 8. The first-order valence-corrected chi connectivity index (χ1v) is 1.89. The average Bonchev–Trinajstić information content (AvgIpc) is 1.92. The zero-order valence-electron chi connectivity index (χ0n) is 8.18. The second kappa shape index (κ2) is 451. The van der Waals surface area contributed by atoms with Crippen molar-refractivity contribution in [3.05, 3.63) is 0 Å². The van der Waals surface area contributed by atoms with Crippen LogP contribution in [0.5, 0.6) is 0 Å². The quantitative estimate of drug-likeness (QED) is 0.286. The molecule has 0 heterocycles. The summed E-state index contributed by atoms with van der Waals surface area (Å²) in [7, 11) is 0. The van der Waals surface area contributed by atoms with E-state index in [-0.39, 0.29) is 56.0 Å². The number of rotatable bonds is 0. The molecule has 0 saturated heterocycles. The van der Waals surface area contributed by atoms with Crippen LogP contribution >= 0.6 is 0 Å². The summed E-state index contributed by atoms with van der Waals surface area (Å²) in [5.41, 5.74) is 0. The number of carbonyl (C=O) groups is 4. The van der Waals surface area contributed by atoms with Gasteiger partial charge in [-0.05, 0) is 0 Å². The first kappa shape index (κ1) is 91.1. The normalized spacial score (nSPS) is 2.67. The average molecular weight is 379 g/mol. The van der Waals surface area contributed by atoms with Crippen LogP contribution in [0.2, 0.25) is 0 Å². The van der Waals surface area contributed by atoms with Crippen LogP contribution in [0.25, 0.3) is 0 Å². The fraction of sp³-hybridized carbons (Fsp3) is 0. The predicted molar refractivity (Wildman–Crippen MR) is 38.7 cm³/mol. The minimum absolute atomic E-state index is 0. The van der Waals surface area contributed by atoms with Gasteiger partial charge < -0.3 is 61.5 Å². The summed E-state index contributed by atoms with van der Waals surface area (Å²) in [5.74, 6) is 0. The molecule has 0 spiro atoms. The molecule has 0 amide bonds. The first-order chi connectivity index (χ1) is 5.66. The van der Waals surface area contributed by atoms with Crippen LogP contribution in [-0.4, -0.2) is 47.8 Å². The summed E-state index contributed by atoms with van der Waals surface area (Å²) in [6.07, 6.45) is 0. The largest absolute Gasteiger partial charge is 2.00 e. The van der Waals surface area contributed by atoms with Gasteiger partial charge in [0.15, 0.2) is 0 Å². The molecule has 0 aromatic heterocycles. The maximum Gasteiger partial charge on any atom is 2.00 e. The predicted octanol–water partition coefficient (Wildman–Crippen LogP) is -9.84. The Morgan fingerprint density at radius 1 is 0.444 bits per heavy atom. The zero-order chi connectivity index (χ0) is 10.8. The SMILES string of the molecule is O.O.O.O.O=C[O-].O=C[O-].O=C[O-].O=C[O-].[Cu+2].[Cu+2]. The summed E-state index contributed by atoms with van der Waals surface area (Å²) in [5, 5.41) is 33.0. The van der Waals surface area contributed by atoms with Crippen LogP contribution in [-0.2, 0) is 53.3 Å². The molecular formula is C4H12Cu2O12. The van der Waals surface area contributed by atoms with Gasteiger partial charge in [-0.2, -0.15) is 0 Å². The van der Waals surface area contributed by atoms with Crippen molar-refractivity contribution in [2.45, 2.75) is 0 Å². The molecular weight excluding hydrogens is 367 g/mol. The van der Waals surface area contributed by atoms with Gasteiger partial charge in [0.25, 0.3) is 0 Å². The molecule has 2 radical (unpaired) electrons. The fourth-order valence-electron chi connectivity index (χ4n) is 0. The van der Waals surface area contributed by atoms with E-state index in [4.69, 9.17) is 39.6 Å². The Hall–Kier alpha value is -1.24. The van der Waals surface area contributed by atoms with E-state index in [1.807, 2.05) is 0 Å². The van der Waals surface area contributed by atoms with Crippen molar-refractivity contribution in [2.24, 2.45) is 0 Å². The van der Waals surface area contributed by atoms with Crippen molar-refractivity contribution < 1.29 is 95.6 Å². The fourth-order valence-corrected chi connectivity index (χ4v) is 0. The van der Waals surface area contributed by atoms with Crippen molar-refractivity contribution in [2.75, 3.05) is 0 Å². The van der Waals surface area contributed by atoms with Gasteiger partial charge in [-0.15, -0.1) is 0 Å². The van der Waals surface area contributed by atoms with Crippen LogP contribution in [0.4, 0.5) is 0 Å². The molecule has 18 heavy (non-hydrogen) atoms. The van der Waals surface area contributed by atoms with E-state index in [0.29, 0.717) is 0 Å². The molecule has 0 bridgehead atoms. The first-order valence-electron chi connectivity index (χ1n) is 1.89. The Bertz CT molecular complexity index is 76.1. The summed E-state index contributed by atoms with van der Waals surface area (Å²) in [6.45, 7) is -2.00. The minimum atomic E-state index is -0.500. The number of hydrogen-bond donors (Lipinski definition) is 0. The van der Waals surface area contributed by atoms with E-state index in [1.54, 1.807) is 0 Å². The van der Waals surface area contributed by atoms with E-state index in [9.17, 15) is 0 Å². The van der Waals surface area contributed by atoms with E-state index < -0.39 is 25.9 Å². The van der Waals surface area contributed by atoms with Gasteiger partial charge in [-0.25, -0.2) is 0 Å². The van der Waals surface area contributed by atoms with Crippen molar-refractivity contribution in [3.8, 4) is 0 Å². The molecule has 0 unspecified atom stereocenters.